The molecule has 4 nitrogen and oxygen atoms in total. The molecule has 0 spiro atoms. The molecule has 8 heteroatoms. The summed E-state index contributed by atoms with van der Waals surface area (Å²) in [6.45, 7) is 0.503. The predicted octanol–water partition coefficient (Wildman–Crippen LogP) is 6.67. The molecule has 1 heterocycles. The van der Waals surface area contributed by atoms with Gasteiger partial charge in [-0.05, 0) is 47.5 Å². The molecule has 0 unspecified atom stereocenters. The van der Waals surface area contributed by atoms with Gasteiger partial charge in [0, 0.05) is 17.1 Å². The molecule has 0 aromatic heterocycles. The Kier molecular flexibility index (Phi) is 6.77. The van der Waals surface area contributed by atoms with Crippen LogP contribution in [0.4, 0.5) is 5.69 Å². The van der Waals surface area contributed by atoms with Gasteiger partial charge >= 0.3 is 0 Å². The van der Waals surface area contributed by atoms with Gasteiger partial charge in [-0.2, -0.15) is 0 Å². The van der Waals surface area contributed by atoms with E-state index in [4.69, 9.17) is 34.8 Å². The van der Waals surface area contributed by atoms with Gasteiger partial charge in [0.05, 0.1) is 21.5 Å². The van der Waals surface area contributed by atoms with Crippen LogP contribution in [0.2, 0.25) is 15.1 Å². The zero-order chi connectivity index (χ0) is 22.0. The van der Waals surface area contributed by atoms with Gasteiger partial charge in [-0.3, -0.25) is 9.59 Å². The fraction of sp³-hybridized carbons (Fsp3) is 0.130. The molecule has 1 atom stereocenters. The third kappa shape index (κ3) is 5.01. The first-order valence-electron chi connectivity index (χ1n) is 9.43. The second kappa shape index (κ2) is 9.53. The Morgan fingerprint density at radius 3 is 2.42 bits per heavy atom. The zero-order valence-electron chi connectivity index (χ0n) is 16.1. The van der Waals surface area contributed by atoms with E-state index in [9.17, 15) is 9.59 Å². The van der Waals surface area contributed by atoms with Crippen LogP contribution in [0.1, 0.15) is 26.9 Å². The fourth-order valence-electron chi connectivity index (χ4n) is 3.28. The van der Waals surface area contributed by atoms with Gasteiger partial charge in [-0.1, -0.05) is 65.1 Å². The van der Waals surface area contributed by atoms with Crippen molar-refractivity contribution < 1.29 is 9.59 Å². The number of carbonyl (C=O) groups excluding carboxylic acids is 2. The topological polar surface area (TPSA) is 49.4 Å². The largest absolute Gasteiger partial charge is 0.322 e. The van der Waals surface area contributed by atoms with E-state index >= 15 is 0 Å². The van der Waals surface area contributed by atoms with Crippen LogP contribution in [-0.4, -0.2) is 22.5 Å². The lowest BCUT2D eigenvalue weighted by molar-refractivity contribution is -0.128. The van der Waals surface area contributed by atoms with Crippen LogP contribution in [-0.2, 0) is 11.3 Å². The highest BCUT2D eigenvalue weighted by atomic mass is 35.5. The highest BCUT2D eigenvalue weighted by Crippen LogP contribution is 2.39. The van der Waals surface area contributed by atoms with Crippen molar-refractivity contribution in [2.75, 3.05) is 11.1 Å². The first-order chi connectivity index (χ1) is 14.9. The zero-order valence-corrected chi connectivity index (χ0v) is 19.2. The second-order valence-corrected chi connectivity index (χ2v) is 9.28. The number of halogens is 3. The number of thioether (sulfide) groups is 1. The lowest BCUT2D eigenvalue weighted by atomic mass is 10.1. The SMILES string of the molecule is O=C(Nc1cccc(Cl)c1Cl)c1ccc([C@@H]2SCC(=O)N2Cc2ccc(Cl)cc2)cc1. The number of benzene rings is 3. The third-order valence-electron chi connectivity index (χ3n) is 4.89. The van der Waals surface area contributed by atoms with Gasteiger partial charge < -0.3 is 10.2 Å². The smallest absolute Gasteiger partial charge is 0.255 e. The van der Waals surface area contributed by atoms with Crippen molar-refractivity contribution in [2.24, 2.45) is 0 Å². The number of carbonyl (C=O) groups is 2. The maximum atomic E-state index is 12.6. The van der Waals surface area contributed by atoms with Gasteiger partial charge in [-0.15, -0.1) is 11.8 Å². The van der Waals surface area contributed by atoms with E-state index < -0.39 is 0 Å². The molecule has 0 aliphatic carbocycles. The fourth-order valence-corrected chi connectivity index (χ4v) is 4.94. The van der Waals surface area contributed by atoms with Crippen molar-refractivity contribution in [3.05, 3.63) is 98.5 Å². The van der Waals surface area contributed by atoms with Crippen LogP contribution in [0, 0.1) is 0 Å². The minimum absolute atomic E-state index is 0.0855. The summed E-state index contributed by atoms with van der Waals surface area (Å²) in [7, 11) is 0. The van der Waals surface area contributed by atoms with Crippen LogP contribution in [0.5, 0.6) is 0 Å². The molecule has 3 aromatic carbocycles. The highest BCUT2D eigenvalue weighted by molar-refractivity contribution is 8.00. The average Bonchev–Trinajstić information content (AvgIpc) is 3.13. The summed E-state index contributed by atoms with van der Waals surface area (Å²) >= 11 is 19.7. The van der Waals surface area contributed by atoms with Crippen molar-refractivity contribution in [3.8, 4) is 0 Å². The number of nitrogens with zero attached hydrogens (tertiary/aromatic N) is 1. The number of nitrogens with one attached hydrogen (secondary N) is 1. The Morgan fingerprint density at radius 1 is 1.00 bits per heavy atom. The number of hydrogen-bond acceptors (Lipinski definition) is 3. The molecule has 0 radical (unpaired) electrons. The Labute approximate surface area is 199 Å². The van der Waals surface area contributed by atoms with E-state index in [0.717, 1.165) is 11.1 Å². The number of hydrogen-bond donors (Lipinski definition) is 1. The minimum Gasteiger partial charge on any atom is -0.322 e. The first-order valence-corrected chi connectivity index (χ1v) is 11.6. The molecular weight excluding hydrogens is 475 g/mol. The van der Waals surface area contributed by atoms with Crippen molar-refractivity contribution in [3.63, 3.8) is 0 Å². The lowest BCUT2D eigenvalue weighted by Crippen LogP contribution is -2.27. The molecule has 1 aliphatic heterocycles. The number of amides is 2. The standard InChI is InChI=1S/C23H17Cl3N2O2S/c24-17-10-4-14(5-11-17)12-28-20(29)13-31-23(28)16-8-6-15(7-9-16)22(30)27-19-3-1-2-18(25)21(19)26/h1-11,23H,12-13H2,(H,27,30)/t23-/m0/s1. The molecule has 0 saturated carbocycles. The Morgan fingerprint density at radius 2 is 1.71 bits per heavy atom. The van der Waals surface area contributed by atoms with Crippen LogP contribution in [0.3, 0.4) is 0 Å². The van der Waals surface area contributed by atoms with E-state index in [2.05, 4.69) is 5.32 Å². The van der Waals surface area contributed by atoms with Crippen molar-refractivity contribution >= 4 is 64.1 Å². The van der Waals surface area contributed by atoms with Gasteiger partial charge in [-0.25, -0.2) is 0 Å². The van der Waals surface area contributed by atoms with Gasteiger partial charge in [0.25, 0.3) is 5.91 Å². The van der Waals surface area contributed by atoms with Gasteiger partial charge in [0.15, 0.2) is 0 Å². The van der Waals surface area contributed by atoms with Crippen LogP contribution >= 0.6 is 46.6 Å². The molecule has 1 aliphatic rings. The monoisotopic (exact) mass is 490 g/mol. The molecule has 1 fully saturated rings. The van der Waals surface area contributed by atoms with Crippen LogP contribution in [0.15, 0.2) is 66.7 Å². The van der Waals surface area contributed by atoms with E-state index in [1.807, 2.05) is 41.3 Å². The molecule has 3 aromatic rings. The van der Waals surface area contributed by atoms with Crippen molar-refractivity contribution in [1.29, 1.82) is 0 Å². The quantitative estimate of drug-likeness (QED) is 0.433. The summed E-state index contributed by atoms with van der Waals surface area (Å²) in [4.78, 5) is 26.9. The second-order valence-electron chi connectivity index (χ2n) is 6.99. The summed E-state index contributed by atoms with van der Waals surface area (Å²) in [5.74, 6) is 0.222. The molecule has 158 valence electrons. The van der Waals surface area contributed by atoms with Crippen molar-refractivity contribution in [1.82, 2.24) is 4.90 Å². The summed E-state index contributed by atoms with van der Waals surface area (Å²) in [6.07, 6.45) is 0. The molecule has 4 rings (SSSR count). The van der Waals surface area contributed by atoms with Gasteiger partial charge in [0.2, 0.25) is 5.91 Å². The third-order valence-corrected chi connectivity index (χ3v) is 7.22. The molecule has 31 heavy (non-hydrogen) atoms. The van der Waals surface area contributed by atoms with E-state index in [1.165, 1.54) is 0 Å². The van der Waals surface area contributed by atoms with E-state index in [-0.39, 0.29) is 17.2 Å². The summed E-state index contributed by atoms with van der Waals surface area (Å²) < 4.78 is 0. The highest BCUT2D eigenvalue weighted by Gasteiger charge is 2.32. The van der Waals surface area contributed by atoms with Gasteiger partial charge in [0.1, 0.15) is 5.37 Å². The lowest BCUT2D eigenvalue weighted by Gasteiger charge is -2.24. The first kappa shape index (κ1) is 22.0. The normalized spacial score (nSPS) is 15.9. The molecule has 1 saturated heterocycles. The molecular formula is C23H17Cl3N2O2S. The summed E-state index contributed by atoms with van der Waals surface area (Å²) in [5.41, 5.74) is 2.91. The summed E-state index contributed by atoms with van der Waals surface area (Å²) in [5, 5.41) is 4.00. The maximum Gasteiger partial charge on any atom is 0.255 e. The number of anilines is 1. The Bertz CT molecular complexity index is 1120. The number of rotatable bonds is 5. The van der Waals surface area contributed by atoms with Crippen molar-refractivity contribution in [2.45, 2.75) is 11.9 Å². The molecule has 2 amide bonds. The minimum atomic E-state index is -0.288. The maximum absolute atomic E-state index is 12.6. The molecule has 0 bridgehead atoms. The predicted molar refractivity (Wildman–Crippen MR) is 128 cm³/mol. The van der Waals surface area contributed by atoms with E-state index in [0.29, 0.717) is 38.6 Å². The average molecular weight is 492 g/mol. The van der Waals surface area contributed by atoms with E-state index in [1.54, 1.807) is 42.1 Å². The summed E-state index contributed by atoms with van der Waals surface area (Å²) in [6, 6.07) is 19.8. The van der Waals surface area contributed by atoms with Crippen LogP contribution in [0.25, 0.3) is 0 Å². The Hall–Kier alpha value is -2.18. The molecule has 1 N–H and O–H groups in total. The Balaban J connectivity index is 1.48. The van der Waals surface area contributed by atoms with Crippen LogP contribution < -0.4 is 5.32 Å².